The lowest BCUT2D eigenvalue weighted by atomic mass is 9.84. The first-order valence-electron chi connectivity index (χ1n) is 7.48. The van der Waals surface area contributed by atoms with Crippen LogP contribution in [0.2, 0.25) is 0 Å². The van der Waals surface area contributed by atoms with Gasteiger partial charge in [0.05, 0.1) is 5.57 Å². The fourth-order valence-corrected chi connectivity index (χ4v) is 4.80. The number of hydrogen-bond donors (Lipinski definition) is 0. The van der Waals surface area contributed by atoms with Crippen LogP contribution in [0.3, 0.4) is 0 Å². The summed E-state index contributed by atoms with van der Waals surface area (Å²) >= 11 is 2.39. The van der Waals surface area contributed by atoms with Gasteiger partial charge in [0, 0.05) is 16.6 Å². The molecule has 6 heteroatoms. The number of halogens is 3. The molecule has 0 bridgehead atoms. The summed E-state index contributed by atoms with van der Waals surface area (Å²) in [7, 11) is 0. The molecule has 1 rings (SSSR count). The van der Waals surface area contributed by atoms with Gasteiger partial charge in [0.2, 0.25) is 0 Å². The largest absolute Gasteiger partial charge is 0.414 e. The molecule has 1 aliphatic rings. The van der Waals surface area contributed by atoms with Crippen molar-refractivity contribution in [3.05, 3.63) is 9.81 Å². The molecule has 1 nitrogen and oxygen atoms in total. The summed E-state index contributed by atoms with van der Waals surface area (Å²) in [6.07, 6.45) is -0.354. The SMILES string of the molecule is CCSC(SCC)=C(CC(=O)C1CCCCC1)C(F)(F)F. The molecule has 1 fully saturated rings. The van der Waals surface area contributed by atoms with Crippen molar-refractivity contribution in [2.45, 2.75) is 58.5 Å². The lowest BCUT2D eigenvalue weighted by molar-refractivity contribution is -0.127. The van der Waals surface area contributed by atoms with Crippen molar-refractivity contribution in [1.82, 2.24) is 0 Å². The Morgan fingerprint density at radius 1 is 1.05 bits per heavy atom. The lowest BCUT2D eigenvalue weighted by Crippen LogP contribution is -2.23. The lowest BCUT2D eigenvalue weighted by Gasteiger charge is -2.22. The van der Waals surface area contributed by atoms with E-state index in [0.29, 0.717) is 11.5 Å². The van der Waals surface area contributed by atoms with Crippen LogP contribution in [0.25, 0.3) is 0 Å². The topological polar surface area (TPSA) is 17.1 Å². The van der Waals surface area contributed by atoms with E-state index in [1.54, 1.807) is 0 Å². The number of hydrogen-bond acceptors (Lipinski definition) is 3. The number of thioether (sulfide) groups is 2. The van der Waals surface area contributed by atoms with Crippen LogP contribution in [-0.2, 0) is 4.79 Å². The Labute approximate surface area is 133 Å². The Kier molecular flexibility index (Phi) is 8.24. The predicted octanol–water partition coefficient (Wildman–Crippen LogP) is 5.81. The molecule has 0 heterocycles. The summed E-state index contributed by atoms with van der Waals surface area (Å²) in [5.74, 6) is 0.766. The van der Waals surface area contributed by atoms with E-state index in [1.807, 2.05) is 13.8 Å². The van der Waals surface area contributed by atoms with Crippen molar-refractivity contribution in [3.8, 4) is 0 Å². The Morgan fingerprint density at radius 3 is 2.00 bits per heavy atom. The van der Waals surface area contributed by atoms with E-state index >= 15 is 0 Å². The van der Waals surface area contributed by atoms with Crippen molar-refractivity contribution in [1.29, 1.82) is 0 Å². The van der Waals surface area contributed by atoms with Crippen LogP contribution in [-0.4, -0.2) is 23.5 Å². The molecule has 0 unspecified atom stereocenters. The molecule has 1 aliphatic carbocycles. The highest BCUT2D eigenvalue weighted by Gasteiger charge is 2.38. The van der Waals surface area contributed by atoms with Crippen molar-refractivity contribution in [2.24, 2.45) is 5.92 Å². The molecule has 0 spiro atoms. The third-order valence-corrected chi connectivity index (χ3v) is 5.85. The molecule has 0 atom stereocenters. The van der Waals surface area contributed by atoms with Gasteiger partial charge in [0.1, 0.15) is 5.78 Å². The minimum atomic E-state index is -4.41. The zero-order valence-corrected chi connectivity index (χ0v) is 14.2. The zero-order chi connectivity index (χ0) is 15.9. The van der Waals surface area contributed by atoms with Crippen LogP contribution in [0, 0.1) is 5.92 Å². The normalized spacial score (nSPS) is 16.8. The number of alkyl halides is 3. The monoisotopic (exact) mass is 340 g/mol. The van der Waals surface area contributed by atoms with E-state index in [2.05, 4.69) is 0 Å². The highest BCUT2D eigenvalue weighted by atomic mass is 32.2. The first-order valence-corrected chi connectivity index (χ1v) is 9.45. The third kappa shape index (κ3) is 6.27. The van der Waals surface area contributed by atoms with Crippen LogP contribution < -0.4 is 0 Å². The van der Waals surface area contributed by atoms with Gasteiger partial charge in [-0.2, -0.15) is 13.2 Å². The first-order chi connectivity index (χ1) is 9.90. The molecular weight excluding hydrogens is 317 g/mol. The quantitative estimate of drug-likeness (QED) is 0.582. The van der Waals surface area contributed by atoms with E-state index in [4.69, 9.17) is 0 Å². The Hall–Kier alpha value is -0.100. The number of carbonyl (C=O) groups is 1. The molecule has 0 N–H and O–H groups in total. The average molecular weight is 340 g/mol. The maximum atomic E-state index is 13.3. The maximum Gasteiger partial charge on any atom is 0.414 e. The van der Waals surface area contributed by atoms with Crippen molar-refractivity contribution in [2.75, 3.05) is 11.5 Å². The van der Waals surface area contributed by atoms with Crippen molar-refractivity contribution in [3.63, 3.8) is 0 Å². The summed E-state index contributed by atoms with van der Waals surface area (Å²) in [6, 6.07) is 0. The zero-order valence-electron chi connectivity index (χ0n) is 12.6. The second-order valence-electron chi connectivity index (χ2n) is 5.11. The second kappa shape index (κ2) is 9.13. The highest BCUT2D eigenvalue weighted by Crippen LogP contribution is 2.41. The molecule has 0 radical (unpaired) electrons. The van der Waals surface area contributed by atoms with Gasteiger partial charge in [-0.25, -0.2) is 0 Å². The van der Waals surface area contributed by atoms with Gasteiger partial charge in [-0.15, -0.1) is 23.5 Å². The molecule has 0 aromatic carbocycles. The van der Waals surface area contributed by atoms with Gasteiger partial charge in [-0.1, -0.05) is 33.1 Å². The predicted molar refractivity (Wildman–Crippen MR) is 85.5 cm³/mol. The molecule has 1 saturated carbocycles. The van der Waals surface area contributed by atoms with Gasteiger partial charge in [0.25, 0.3) is 0 Å². The van der Waals surface area contributed by atoms with Crippen LogP contribution in [0.4, 0.5) is 13.2 Å². The van der Waals surface area contributed by atoms with Gasteiger partial charge < -0.3 is 0 Å². The van der Waals surface area contributed by atoms with E-state index in [-0.39, 0.29) is 15.9 Å². The van der Waals surface area contributed by atoms with Gasteiger partial charge in [-0.3, -0.25) is 4.79 Å². The van der Waals surface area contributed by atoms with E-state index in [0.717, 1.165) is 32.1 Å². The van der Waals surface area contributed by atoms with Crippen molar-refractivity contribution < 1.29 is 18.0 Å². The molecule has 0 aromatic heterocycles. The van der Waals surface area contributed by atoms with Gasteiger partial charge in [0.15, 0.2) is 0 Å². The average Bonchev–Trinajstić information content (AvgIpc) is 2.44. The summed E-state index contributed by atoms with van der Waals surface area (Å²) in [4.78, 5) is 12.2. The van der Waals surface area contributed by atoms with Crippen molar-refractivity contribution >= 4 is 29.3 Å². The second-order valence-corrected chi connectivity index (χ2v) is 7.91. The molecule has 21 heavy (non-hydrogen) atoms. The summed E-state index contributed by atoms with van der Waals surface area (Å²) in [5.41, 5.74) is -0.628. The molecular formula is C15H23F3OS2. The summed E-state index contributed by atoms with van der Waals surface area (Å²) in [5, 5.41) is 0. The highest BCUT2D eigenvalue weighted by molar-refractivity contribution is 8.22. The Balaban J connectivity index is 2.91. The third-order valence-electron chi connectivity index (χ3n) is 3.55. The number of Topliss-reactive ketones (excluding diaryl/α,β-unsaturated/α-hetero) is 1. The minimum Gasteiger partial charge on any atom is -0.299 e. The van der Waals surface area contributed by atoms with Gasteiger partial charge >= 0.3 is 6.18 Å². The fourth-order valence-electron chi connectivity index (χ4n) is 2.51. The standard InChI is InChI=1S/C15H23F3OS2/c1-3-20-14(21-4-2)12(15(16,17)18)10-13(19)11-8-6-5-7-9-11/h11H,3-10H2,1-2H3. The first kappa shape index (κ1) is 18.9. The summed E-state index contributed by atoms with van der Waals surface area (Å²) < 4.78 is 40.2. The van der Waals surface area contributed by atoms with Crippen LogP contribution in [0.1, 0.15) is 52.4 Å². The van der Waals surface area contributed by atoms with E-state index < -0.39 is 18.2 Å². The van der Waals surface area contributed by atoms with Gasteiger partial charge in [-0.05, 0) is 24.3 Å². The molecule has 0 aromatic rings. The Morgan fingerprint density at radius 2 is 1.57 bits per heavy atom. The molecule has 122 valence electrons. The minimum absolute atomic E-state index is 0.171. The van der Waals surface area contributed by atoms with Crippen LogP contribution in [0.15, 0.2) is 9.81 Å². The number of carbonyl (C=O) groups excluding carboxylic acids is 1. The number of rotatable bonds is 7. The summed E-state index contributed by atoms with van der Waals surface area (Å²) in [6.45, 7) is 3.66. The number of ketones is 1. The maximum absolute atomic E-state index is 13.3. The Bertz CT molecular complexity index is 364. The molecule has 0 saturated heterocycles. The molecule has 0 amide bonds. The molecule has 0 aliphatic heterocycles. The smallest absolute Gasteiger partial charge is 0.299 e. The van der Waals surface area contributed by atoms with Crippen LogP contribution in [0.5, 0.6) is 0 Å². The van der Waals surface area contributed by atoms with Crippen LogP contribution >= 0.6 is 23.5 Å². The number of allylic oxidation sites excluding steroid dienone is 1. The van der Waals surface area contributed by atoms with E-state index in [9.17, 15) is 18.0 Å². The van der Waals surface area contributed by atoms with E-state index in [1.165, 1.54) is 23.5 Å². The fraction of sp³-hybridized carbons (Fsp3) is 0.800.